The highest BCUT2D eigenvalue weighted by atomic mass is 19.1. The fourth-order valence-corrected chi connectivity index (χ4v) is 4.15. The van der Waals surface area contributed by atoms with Gasteiger partial charge >= 0.3 is 0 Å². The molecule has 1 saturated carbocycles. The van der Waals surface area contributed by atoms with Gasteiger partial charge in [0, 0.05) is 31.9 Å². The predicted octanol–water partition coefficient (Wildman–Crippen LogP) is 3.85. The standard InChI is InChI=1S/C21H31FN2O2/c1-16-5-3-6-20(15-16)26-17(2)21(25)24-12-4-11-23(13-14-24)19-9-7-18(22)8-10-19/h7-10,16-17,20H,3-6,11-15H2,1-2H3. The summed E-state index contributed by atoms with van der Waals surface area (Å²) in [5.74, 6) is 0.575. The van der Waals surface area contributed by atoms with Crippen molar-refractivity contribution in [2.45, 2.75) is 58.2 Å². The second-order valence-electron chi connectivity index (χ2n) is 7.81. The van der Waals surface area contributed by atoms with Crippen LogP contribution in [-0.4, -0.2) is 49.2 Å². The maximum absolute atomic E-state index is 13.1. The molecule has 26 heavy (non-hydrogen) atoms. The van der Waals surface area contributed by atoms with E-state index in [1.807, 2.05) is 24.0 Å². The molecule has 1 heterocycles. The van der Waals surface area contributed by atoms with Crippen molar-refractivity contribution >= 4 is 11.6 Å². The summed E-state index contributed by atoms with van der Waals surface area (Å²) >= 11 is 0. The van der Waals surface area contributed by atoms with Crippen LogP contribution in [-0.2, 0) is 9.53 Å². The van der Waals surface area contributed by atoms with Gasteiger partial charge in [0.05, 0.1) is 6.10 Å². The molecular formula is C21H31FN2O2. The molecule has 3 rings (SSSR count). The molecule has 1 saturated heterocycles. The molecule has 1 aliphatic heterocycles. The highest BCUT2D eigenvalue weighted by Gasteiger charge is 2.28. The first-order valence-electron chi connectivity index (χ1n) is 9.97. The lowest BCUT2D eigenvalue weighted by atomic mass is 9.88. The quantitative estimate of drug-likeness (QED) is 0.816. The molecule has 0 spiro atoms. The van der Waals surface area contributed by atoms with Gasteiger partial charge in [-0.2, -0.15) is 0 Å². The molecule has 1 amide bonds. The SMILES string of the molecule is CC1CCCC(OC(C)C(=O)N2CCCN(c3ccc(F)cc3)CC2)C1. The Morgan fingerprint density at radius 1 is 1.12 bits per heavy atom. The van der Waals surface area contributed by atoms with Crippen molar-refractivity contribution in [3.63, 3.8) is 0 Å². The van der Waals surface area contributed by atoms with E-state index in [-0.39, 0.29) is 23.9 Å². The molecule has 4 nitrogen and oxygen atoms in total. The monoisotopic (exact) mass is 362 g/mol. The number of hydrogen-bond acceptors (Lipinski definition) is 3. The van der Waals surface area contributed by atoms with Crippen molar-refractivity contribution in [1.29, 1.82) is 0 Å². The summed E-state index contributed by atoms with van der Waals surface area (Å²) in [5.41, 5.74) is 1.01. The van der Waals surface area contributed by atoms with E-state index in [0.717, 1.165) is 44.6 Å². The molecule has 5 heteroatoms. The zero-order valence-electron chi connectivity index (χ0n) is 16.0. The van der Waals surface area contributed by atoms with Crippen molar-refractivity contribution < 1.29 is 13.9 Å². The van der Waals surface area contributed by atoms with Gasteiger partial charge in [-0.25, -0.2) is 4.39 Å². The second-order valence-corrected chi connectivity index (χ2v) is 7.81. The van der Waals surface area contributed by atoms with E-state index in [9.17, 15) is 9.18 Å². The molecule has 1 aliphatic carbocycles. The van der Waals surface area contributed by atoms with Crippen LogP contribution in [0.15, 0.2) is 24.3 Å². The lowest BCUT2D eigenvalue weighted by molar-refractivity contribution is -0.147. The maximum Gasteiger partial charge on any atom is 0.251 e. The largest absolute Gasteiger partial charge is 0.370 e. The minimum atomic E-state index is -0.373. The molecule has 3 atom stereocenters. The molecule has 0 aromatic heterocycles. The second kappa shape index (κ2) is 8.85. The third-order valence-electron chi connectivity index (χ3n) is 5.63. The third kappa shape index (κ3) is 4.97. The molecular weight excluding hydrogens is 331 g/mol. The van der Waals surface area contributed by atoms with Gasteiger partial charge in [-0.05, 0) is 56.4 Å². The van der Waals surface area contributed by atoms with Crippen molar-refractivity contribution in [2.24, 2.45) is 5.92 Å². The van der Waals surface area contributed by atoms with E-state index in [0.29, 0.717) is 12.5 Å². The lowest BCUT2D eigenvalue weighted by Gasteiger charge is -2.31. The summed E-state index contributed by atoms with van der Waals surface area (Å²) in [5, 5.41) is 0. The van der Waals surface area contributed by atoms with E-state index >= 15 is 0 Å². The van der Waals surface area contributed by atoms with E-state index in [1.54, 1.807) is 0 Å². The number of carbonyl (C=O) groups excluding carboxylic acids is 1. The van der Waals surface area contributed by atoms with Crippen molar-refractivity contribution in [3.05, 3.63) is 30.1 Å². The van der Waals surface area contributed by atoms with Crippen LogP contribution in [0.3, 0.4) is 0 Å². The molecule has 1 aromatic rings. The summed E-state index contributed by atoms with van der Waals surface area (Å²) in [4.78, 5) is 17.0. The Bertz CT molecular complexity index is 592. The first-order chi connectivity index (χ1) is 12.5. The summed E-state index contributed by atoms with van der Waals surface area (Å²) in [6.07, 6.45) is 5.37. The van der Waals surface area contributed by atoms with Crippen LogP contribution in [0.25, 0.3) is 0 Å². The Kier molecular flexibility index (Phi) is 6.52. The minimum Gasteiger partial charge on any atom is -0.370 e. The van der Waals surface area contributed by atoms with Crippen LogP contribution in [0.5, 0.6) is 0 Å². The minimum absolute atomic E-state index is 0.101. The number of rotatable bonds is 4. The topological polar surface area (TPSA) is 32.8 Å². The fourth-order valence-electron chi connectivity index (χ4n) is 4.15. The van der Waals surface area contributed by atoms with Crippen LogP contribution in [0.2, 0.25) is 0 Å². The molecule has 1 aromatic carbocycles. The number of anilines is 1. The lowest BCUT2D eigenvalue weighted by Crippen LogP contribution is -2.43. The van der Waals surface area contributed by atoms with E-state index in [2.05, 4.69) is 11.8 Å². The Morgan fingerprint density at radius 2 is 1.88 bits per heavy atom. The third-order valence-corrected chi connectivity index (χ3v) is 5.63. The average molecular weight is 362 g/mol. The Balaban J connectivity index is 1.52. The summed E-state index contributed by atoms with van der Waals surface area (Å²) in [7, 11) is 0. The van der Waals surface area contributed by atoms with Crippen LogP contribution in [0.4, 0.5) is 10.1 Å². The van der Waals surface area contributed by atoms with Crippen LogP contribution in [0, 0.1) is 11.7 Å². The van der Waals surface area contributed by atoms with Gasteiger partial charge < -0.3 is 14.5 Å². The smallest absolute Gasteiger partial charge is 0.251 e. The first kappa shape index (κ1) is 19.2. The predicted molar refractivity (Wildman–Crippen MR) is 102 cm³/mol. The number of nitrogens with zero attached hydrogens (tertiary/aromatic N) is 2. The van der Waals surface area contributed by atoms with Crippen LogP contribution in [0.1, 0.15) is 46.0 Å². The average Bonchev–Trinajstić information content (AvgIpc) is 2.88. The fraction of sp³-hybridized carbons (Fsp3) is 0.667. The van der Waals surface area contributed by atoms with Crippen molar-refractivity contribution in [1.82, 2.24) is 4.90 Å². The normalized spacial score (nSPS) is 25.7. The highest BCUT2D eigenvalue weighted by Crippen LogP contribution is 2.27. The van der Waals surface area contributed by atoms with E-state index in [4.69, 9.17) is 4.74 Å². The zero-order chi connectivity index (χ0) is 18.5. The number of halogens is 1. The van der Waals surface area contributed by atoms with E-state index in [1.165, 1.54) is 25.0 Å². The molecule has 0 bridgehead atoms. The summed E-state index contributed by atoms with van der Waals surface area (Å²) < 4.78 is 19.2. The Hall–Kier alpha value is -1.62. The highest BCUT2D eigenvalue weighted by molar-refractivity contribution is 5.80. The number of carbonyl (C=O) groups is 1. The van der Waals surface area contributed by atoms with Crippen LogP contribution >= 0.6 is 0 Å². The maximum atomic E-state index is 13.1. The summed E-state index contributed by atoms with van der Waals surface area (Å²) in [6, 6.07) is 6.60. The van der Waals surface area contributed by atoms with Gasteiger partial charge in [0.15, 0.2) is 0 Å². The number of benzene rings is 1. The molecule has 2 fully saturated rings. The number of ether oxygens (including phenoxy) is 1. The number of amides is 1. The van der Waals surface area contributed by atoms with Gasteiger partial charge in [-0.1, -0.05) is 19.8 Å². The molecule has 2 aliphatic rings. The van der Waals surface area contributed by atoms with Crippen LogP contribution < -0.4 is 4.90 Å². The van der Waals surface area contributed by atoms with Gasteiger partial charge in [0.1, 0.15) is 11.9 Å². The Morgan fingerprint density at radius 3 is 2.62 bits per heavy atom. The molecule has 0 N–H and O–H groups in total. The first-order valence-corrected chi connectivity index (χ1v) is 9.97. The van der Waals surface area contributed by atoms with Gasteiger partial charge in [0.25, 0.3) is 5.91 Å². The Labute approximate surface area is 156 Å². The summed E-state index contributed by atoms with van der Waals surface area (Å²) in [6.45, 7) is 7.25. The molecule has 3 unspecified atom stereocenters. The zero-order valence-corrected chi connectivity index (χ0v) is 16.0. The molecule has 144 valence electrons. The van der Waals surface area contributed by atoms with Crippen molar-refractivity contribution in [2.75, 3.05) is 31.1 Å². The van der Waals surface area contributed by atoms with Gasteiger partial charge in [-0.3, -0.25) is 4.79 Å². The number of hydrogen-bond donors (Lipinski definition) is 0. The van der Waals surface area contributed by atoms with Gasteiger partial charge in [-0.15, -0.1) is 0 Å². The molecule has 0 radical (unpaired) electrons. The van der Waals surface area contributed by atoms with Gasteiger partial charge in [0.2, 0.25) is 0 Å². The van der Waals surface area contributed by atoms with E-state index < -0.39 is 0 Å². The van der Waals surface area contributed by atoms with Crippen molar-refractivity contribution in [3.8, 4) is 0 Å².